The highest BCUT2D eigenvalue weighted by Gasteiger charge is 2.38. The molecule has 52 heavy (non-hydrogen) atoms. The van der Waals surface area contributed by atoms with E-state index in [9.17, 15) is 0 Å². The third-order valence-corrected chi connectivity index (χ3v) is 10.6. The van der Waals surface area contributed by atoms with E-state index in [1.165, 1.54) is 44.1 Å². The van der Waals surface area contributed by atoms with E-state index in [4.69, 9.17) is 15.0 Å². The van der Waals surface area contributed by atoms with Crippen molar-refractivity contribution in [2.24, 2.45) is 0 Å². The normalized spacial score (nSPS) is 13.0. The van der Waals surface area contributed by atoms with Gasteiger partial charge in [0.1, 0.15) is 0 Å². The van der Waals surface area contributed by atoms with Crippen LogP contribution in [0.4, 0.5) is 0 Å². The van der Waals surface area contributed by atoms with Gasteiger partial charge in [0.25, 0.3) is 0 Å². The Morgan fingerprint density at radius 2 is 1.00 bits per heavy atom. The predicted octanol–water partition coefficient (Wildman–Crippen LogP) is 11.9. The SMILES string of the molecule is CC1(C)c2ccccc2-c2ccc3c(c21)c1ccccc1n3-c1ccc(-c2nc(-c3ccccc3)nc(-c3cccc(-c4ccccc4)c3)n2)cc1. The summed E-state index contributed by atoms with van der Waals surface area (Å²) in [5.74, 6) is 1.93. The van der Waals surface area contributed by atoms with Gasteiger partial charge in [-0.05, 0) is 75.8 Å². The van der Waals surface area contributed by atoms with Crippen molar-refractivity contribution in [3.63, 3.8) is 0 Å². The molecule has 1 aliphatic carbocycles. The van der Waals surface area contributed by atoms with E-state index in [0.29, 0.717) is 17.5 Å². The van der Waals surface area contributed by atoms with Crippen LogP contribution in [0.15, 0.2) is 170 Å². The highest BCUT2D eigenvalue weighted by atomic mass is 15.0. The molecule has 0 unspecified atom stereocenters. The predicted molar refractivity (Wildman–Crippen MR) is 213 cm³/mol. The molecule has 9 aromatic rings. The summed E-state index contributed by atoms with van der Waals surface area (Å²) in [4.78, 5) is 15.1. The van der Waals surface area contributed by atoms with E-state index in [0.717, 1.165) is 33.5 Å². The first-order chi connectivity index (χ1) is 25.5. The fourth-order valence-electron chi connectivity index (χ4n) is 8.19. The quantitative estimate of drug-likeness (QED) is 0.184. The highest BCUT2D eigenvalue weighted by molar-refractivity contribution is 6.14. The Kier molecular flexibility index (Phi) is 6.80. The second-order valence-electron chi connectivity index (χ2n) is 14.1. The van der Waals surface area contributed by atoms with Crippen LogP contribution in [-0.4, -0.2) is 19.5 Å². The summed E-state index contributed by atoms with van der Waals surface area (Å²) in [7, 11) is 0. The molecule has 7 aromatic carbocycles. The lowest BCUT2D eigenvalue weighted by Crippen LogP contribution is -2.15. The molecule has 0 amide bonds. The summed E-state index contributed by atoms with van der Waals surface area (Å²) in [5, 5.41) is 2.59. The second kappa shape index (κ2) is 11.7. The van der Waals surface area contributed by atoms with Crippen LogP contribution in [0.1, 0.15) is 25.0 Å². The Bertz CT molecular complexity index is 2800. The van der Waals surface area contributed by atoms with E-state index >= 15 is 0 Å². The summed E-state index contributed by atoms with van der Waals surface area (Å²) in [6.45, 7) is 4.73. The third-order valence-electron chi connectivity index (χ3n) is 10.6. The number of para-hydroxylation sites is 1. The number of hydrogen-bond donors (Lipinski definition) is 0. The van der Waals surface area contributed by atoms with Crippen LogP contribution in [0.25, 0.3) is 83.9 Å². The smallest absolute Gasteiger partial charge is 0.164 e. The minimum atomic E-state index is -0.113. The summed E-state index contributed by atoms with van der Waals surface area (Å²) in [5.41, 5.74) is 13.9. The Balaban J connectivity index is 1.11. The molecule has 0 saturated heterocycles. The standard InChI is InChI=1S/C48H34N4/c1-48(2)40-22-11-9-20-37(40)38-28-29-42-43(44(38)48)39-21-10-12-23-41(39)52(42)36-26-24-33(25-27-36)46-49-45(32-16-7-4-8-17-32)50-47(51-46)35-19-13-18-34(30-35)31-14-5-3-6-15-31/h3-30H,1-2H3. The number of rotatable bonds is 5. The molecule has 10 rings (SSSR count). The molecule has 0 saturated carbocycles. The van der Waals surface area contributed by atoms with Gasteiger partial charge >= 0.3 is 0 Å². The maximum Gasteiger partial charge on any atom is 0.164 e. The monoisotopic (exact) mass is 666 g/mol. The third kappa shape index (κ3) is 4.72. The van der Waals surface area contributed by atoms with Gasteiger partial charge in [0.05, 0.1) is 11.0 Å². The molecule has 246 valence electrons. The number of nitrogens with zero attached hydrogens (tertiary/aromatic N) is 4. The molecular formula is C48H34N4. The first kappa shape index (κ1) is 30.2. The van der Waals surface area contributed by atoms with Crippen LogP contribution >= 0.6 is 0 Å². The zero-order chi connectivity index (χ0) is 34.8. The fourth-order valence-corrected chi connectivity index (χ4v) is 8.19. The van der Waals surface area contributed by atoms with Gasteiger partial charge < -0.3 is 4.57 Å². The Morgan fingerprint density at radius 3 is 1.75 bits per heavy atom. The Morgan fingerprint density at radius 1 is 0.423 bits per heavy atom. The molecule has 0 N–H and O–H groups in total. The van der Waals surface area contributed by atoms with Crippen molar-refractivity contribution >= 4 is 21.8 Å². The molecule has 0 radical (unpaired) electrons. The largest absolute Gasteiger partial charge is 0.309 e. The van der Waals surface area contributed by atoms with Crippen LogP contribution in [0.5, 0.6) is 0 Å². The number of hydrogen-bond acceptors (Lipinski definition) is 3. The first-order valence-corrected chi connectivity index (χ1v) is 17.8. The molecule has 1 aliphatic rings. The number of benzene rings is 7. The van der Waals surface area contributed by atoms with E-state index in [-0.39, 0.29) is 5.41 Å². The van der Waals surface area contributed by atoms with Crippen LogP contribution in [0, 0.1) is 0 Å². The van der Waals surface area contributed by atoms with Crippen molar-refractivity contribution in [3.05, 3.63) is 181 Å². The molecule has 0 fully saturated rings. The first-order valence-electron chi connectivity index (χ1n) is 17.8. The fraction of sp³-hybridized carbons (Fsp3) is 0.0625. The molecule has 0 atom stereocenters. The number of aromatic nitrogens is 4. The summed E-state index contributed by atoms with van der Waals surface area (Å²) in [6, 6.07) is 59.9. The van der Waals surface area contributed by atoms with E-state index in [2.05, 4.69) is 152 Å². The second-order valence-corrected chi connectivity index (χ2v) is 14.1. The van der Waals surface area contributed by atoms with E-state index < -0.39 is 0 Å². The Hall–Kier alpha value is -6.65. The van der Waals surface area contributed by atoms with Gasteiger partial charge in [0.15, 0.2) is 17.5 Å². The van der Waals surface area contributed by atoms with Crippen LogP contribution in [-0.2, 0) is 5.41 Å². The van der Waals surface area contributed by atoms with E-state index in [1.54, 1.807) is 0 Å². The van der Waals surface area contributed by atoms with Gasteiger partial charge in [-0.15, -0.1) is 0 Å². The average Bonchev–Trinajstić information content (AvgIpc) is 3.67. The topological polar surface area (TPSA) is 43.6 Å². The lowest BCUT2D eigenvalue weighted by atomic mass is 9.80. The van der Waals surface area contributed by atoms with Crippen molar-refractivity contribution in [3.8, 4) is 62.1 Å². The van der Waals surface area contributed by atoms with Crippen molar-refractivity contribution in [2.45, 2.75) is 19.3 Å². The highest BCUT2D eigenvalue weighted by Crippen LogP contribution is 2.53. The van der Waals surface area contributed by atoms with Crippen molar-refractivity contribution < 1.29 is 0 Å². The maximum absolute atomic E-state index is 5.07. The van der Waals surface area contributed by atoms with Crippen molar-refractivity contribution in [2.75, 3.05) is 0 Å². The Labute approximate surface area is 302 Å². The molecule has 4 heteroatoms. The zero-order valence-electron chi connectivity index (χ0n) is 29.0. The summed E-state index contributed by atoms with van der Waals surface area (Å²) >= 11 is 0. The molecule has 0 spiro atoms. The van der Waals surface area contributed by atoms with Gasteiger partial charge in [-0.3, -0.25) is 0 Å². The van der Waals surface area contributed by atoms with Crippen LogP contribution in [0.3, 0.4) is 0 Å². The zero-order valence-corrected chi connectivity index (χ0v) is 29.0. The molecule has 0 aliphatic heterocycles. The molecule has 2 heterocycles. The molecular weight excluding hydrogens is 633 g/mol. The minimum Gasteiger partial charge on any atom is -0.309 e. The lowest BCUT2D eigenvalue weighted by Gasteiger charge is -2.22. The molecule has 4 nitrogen and oxygen atoms in total. The van der Waals surface area contributed by atoms with Gasteiger partial charge in [-0.25, -0.2) is 15.0 Å². The maximum atomic E-state index is 5.07. The van der Waals surface area contributed by atoms with Gasteiger partial charge in [0, 0.05) is 38.6 Å². The summed E-state index contributed by atoms with van der Waals surface area (Å²) < 4.78 is 2.40. The van der Waals surface area contributed by atoms with Crippen LogP contribution in [0.2, 0.25) is 0 Å². The van der Waals surface area contributed by atoms with Gasteiger partial charge in [-0.1, -0.05) is 141 Å². The minimum absolute atomic E-state index is 0.113. The van der Waals surface area contributed by atoms with Gasteiger partial charge in [-0.2, -0.15) is 0 Å². The van der Waals surface area contributed by atoms with Gasteiger partial charge in [0.2, 0.25) is 0 Å². The molecule has 0 bridgehead atoms. The average molecular weight is 667 g/mol. The van der Waals surface area contributed by atoms with Crippen molar-refractivity contribution in [1.29, 1.82) is 0 Å². The summed E-state index contributed by atoms with van der Waals surface area (Å²) in [6.07, 6.45) is 0. The number of fused-ring (bicyclic) bond motifs is 7. The van der Waals surface area contributed by atoms with E-state index in [1.807, 2.05) is 36.4 Å². The lowest BCUT2D eigenvalue weighted by molar-refractivity contribution is 0.666. The molecule has 2 aromatic heterocycles. The van der Waals surface area contributed by atoms with Crippen molar-refractivity contribution in [1.82, 2.24) is 19.5 Å². The van der Waals surface area contributed by atoms with Crippen LogP contribution < -0.4 is 0 Å².